The predicted octanol–water partition coefficient (Wildman–Crippen LogP) is 4.00. The Labute approximate surface area is 148 Å². The summed E-state index contributed by atoms with van der Waals surface area (Å²) in [6.07, 6.45) is 3.98. The van der Waals surface area contributed by atoms with Gasteiger partial charge in [0.05, 0.1) is 7.11 Å². The number of likely N-dealkylation sites (tertiary alicyclic amines) is 1. The fourth-order valence-corrected chi connectivity index (χ4v) is 3.52. The van der Waals surface area contributed by atoms with Crippen LogP contribution in [0.5, 0.6) is 5.75 Å². The highest BCUT2D eigenvalue weighted by molar-refractivity contribution is 5.77. The zero-order valence-corrected chi connectivity index (χ0v) is 14.6. The molecule has 1 unspecified atom stereocenters. The van der Waals surface area contributed by atoms with Crippen molar-refractivity contribution in [1.82, 2.24) is 4.90 Å². The SMILES string of the molecule is COc1ccc(CCC(=O)N2CCCC2Cc2ccccc2)cc1F. The van der Waals surface area contributed by atoms with E-state index in [1.807, 2.05) is 29.2 Å². The zero-order chi connectivity index (χ0) is 17.6. The van der Waals surface area contributed by atoms with Gasteiger partial charge in [0.2, 0.25) is 5.91 Å². The third-order valence-corrected chi connectivity index (χ3v) is 4.86. The van der Waals surface area contributed by atoms with Crippen LogP contribution in [0.4, 0.5) is 4.39 Å². The number of benzene rings is 2. The highest BCUT2D eigenvalue weighted by Gasteiger charge is 2.28. The van der Waals surface area contributed by atoms with Crippen molar-refractivity contribution >= 4 is 5.91 Å². The maximum atomic E-state index is 13.8. The highest BCUT2D eigenvalue weighted by Crippen LogP contribution is 2.23. The lowest BCUT2D eigenvalue weighted by molar-refractivity contribution is -0.131. The minimum Gasteiger partial charge on any atom is -0.494 e. The second kappa shape index (κ2) is 8.15. The number of methoxy groups -OCH3 is 1. The molecule has 132 valence electrons. The minimum absolute atomic E-state index is 0.162. The van der Waals surface area contributed by atoms with E-state index >= 15 is 0 Å². The first-order valence-corrected chi connectivity index (χ1v) is 8.83. The lowest BCUT2D eigenvalue weighted by atomic mass is 10.0. The molecule has 25 heavy (non-hydrogen) atoms. The summed E-state index contributed by atoms with van der Waals surface area (Å²) in [7, 11) is 1.45. The number of nitrogens with zero attached hydrogens (tertiary/aromatic N) is 1. The summed E-state index contributed by atoms with van der Waals surface area (Å²) in [4.78, 5) is 14.6. The Balaban J connectivity index is 1.57. The normalized spacial score (nSPS) is 16.9. The summed E-state index contributed by atoms with van der Waals surface area (Å²) in [5, 5.41) is 0. The molecule has 0 aliphatic carbocycles. The van der Waals surface area contributed by atoms with Gasteiger partial charge in [-0.2, -0.15) is 0 Å². The summed E-state index contributed by atoms with van der Waals surface area (Å²) in [6, 6.07) is 15.5. The van der Waals surface area contributed by atoms with E-state index in [1.54, 1.807) is 6.07 Å². The van der Waals surface area contributed by atoms with Crippen molar-refractivity contribution < 1.29 is 13.9 Å². The smallest absolute Gasteiger partial charge is 0.223 e. The fraction of sp³-hybridized carbons (Fsp3) is 0.381. The van der Waals surface area contributed by atoms with E-state index in [1.165, 1.54) is 18.7 Å². The summed E-state index contributed by atoms with van der Waals surface area (Å²) >= 11 is 0. The van der Waals surface area contributed by atoms with Gasteiger partial charge in [0, 0.05) is 19.0 Å². The second-order valence-electron chi connectivity index (χ2n) is 6.54. The molecule has 2 aromatic rings. The molecular formula is C21H24FNO2. The number of carbonyl (C=O) groups is 1. The lowest BCUT2D eigenvalue weighted by Crippen LogP contribution is -2.36. The van der Waals surface area contributed by atoms with E-state index in [4.69, 9.17) is 4.74 Å². The van der Waals surface area contributed by atoms with Crippen LogP contribution in [0.1, 0.15) is 30.4 Å². The van der Waals surface area contributed by atoms with Gasteiger partial charge >= 0.3 is 0 Å². The first-order chi connectivity index (χ1) is 12.2. The Bertz CT molecular complexity index is 717. The molecule has 1 heterocycles. The monoisotopic (exact) mass is 341 g/mol. The number of hydrogen-bond donors (Lipinski definition) is 0. The van der Waals surface area contributed by atoms with E-state index in [0.29, 0.717) is 12.8 Å². The molecule has 0 bridgehead atoms. The van der Waals surface area contributed by atoms with Crippen LogP contribution in [0, 0.1) is 5.82 Å². The molecule has 1 atom stereocenters. The van der Waals surface area contributed by atoms with Gasteiger partial charge < -0.3 is 9.64 Å². The molecular weight excluding hydrogens is 317 g/mol. The molecule has 0 aromatic heterocycles. The molecule has 0 spiro atoms. The molecule has 1 amide bonds. The Morgan fingerprint density at radius 1 is 1.20 bits per heavy atom. The topological polar surface area (TPSA) is 29.5 Å². The van der Waals surface area contributed by atoms with Crippen molar-refractivity contribution in [2.75, 3.05) is 13.7 Å². The van der Waals surface area contributed by atoms with Gasteiger partial charge in [-0.1, -0.05) is 36.4 Å². The second-order valence-corrected chi connectivity index (χ2v) is 6.54. The molecule has 1 aliphatic heterocycles. The number of halogens is 1. The molecule has 3 nitrogen and oxygen atoms in total. The summed E-state index contributed by atoms with van der Waals surface area (Å²) in [6.45, 7) is 0.827. The maximum absolute atomic E-state index is 13.8. The van der Waals surface area contributed by atoms with Crippen LogP contribution in [0.15, 0.2) is 48.5 Å². The Morgan fingerprint density at radius 2 is 2.00 bits per heavy atom. The van der Waals surface area contributed by atoms with Crippen LogP contribution in [0.3, 0.4) is 0 Å². The van der Waals surface area contributed by atoms with Crippen molar-refractivity contribution in [3.05, 3.63) is 65.5 Å². The van der Waals surface area contributed by atoms with Crippen LogP contribution in [0.2, 0.25) is 0 Å². The van der Waals surface area contributed by atoms with Gasteiger partial charge in [-0.3, -0.25) is 4.79 Å². The molecule has 2 aromatic carbocycles. The van der Waals surface area contributed by atoms with E-state index in [2.05, 4.69) is 12.1 Å². The van der Waals surface area contributed by atoms with Crippen molar-refractivity contribution in [1.29, 1.82) is 0 Å². The van der Waals surface area contributed by atoms with Crippen molar-refractivity contribution in [3.8, 4) is 5.75 Å². The zero-order valence-electron chi connectivity index (χ0n) is 14.6. The number of ether oxygens (including phenoxy) is 1. The Hall–Kier alpha value is -2.36. The van der Waals surface area contributed by atoms with Gasteiger partial charge in [-0.15, -0.1) is 0 Å². The number of hydrogen-bond acceptors (Lipinski definition) is 2. The summed E-state index contributed by atoms with van der Waals surface area (Å²) in [5.41, 5.74) is 2.09. The molecule has 4 heteroatoms. The van der Waals surface area contributed by atoms with Gasteiger partial charge in [0.25, 0.3) is 0 Å². The van der Waals surface area contributed by atoms with Crippen LogP contribution >= 0.6 is 0 Å². The Morgan fingerprint density at radius 3 is 2.72 bits per heavy atom. The van der Waals surface area contributed by atoms with Crippen molar-refractivity contribution in [3.63, 3.8) is 0 Å². The number of amides is 1. The average molecular weight is 341 g/mol. The predicted molar refractivity (Wildman–Crippen MR) is 96.2 cm³/mol. The number of rotatable bonds is 6. The molecule has 1 aliphatic rings. The van der Waals surface area contributed by atoms with Crippen molar-refractivity contribution in [2.24, 2.45) is 0 Å². The summed E-state index contributed by atoms with van der Waals surface area (Å²) < 4.78 is 18.7. The van der Waals surface area contributed by atoms with E-state index < -0.39 is 0 Å². The number of aryl methyl sites for hydroxylation is 1. The largest absolute Gasteiger partial charge is 0.494 e. The summed E-state index contributed by atoms with van der Waals surface area (Å²) in [5.74, 6) is 0.0165. The highest BCUT2D eigenvalue weighted by atomic mass is 19.1. The maximum Gasteiger partial charge on any atom is 0.223 e. The first kappa shape index (κ1) is 17.5. The van der Waals surface area contributed by atoms with Crippen molar-refractivity contribution in [2.45, 2.75) is 38.1 Å². The molecule has 3 rings (SSSR count). The first-order valence-electron chi connectivity index (χ1n) is 8.83. The van der Waals surface area contributed by atoms with E-state index in [9.17, 15) is 9.18 Å². The van der Waals surface area contributed by atoms with Gasteiger partial charge in [0.15, 0.2) is 11.6 Å². The van der Waals surface area contributed by atoms with Gasteiger partial charge in [0.1, 0.15) is 0 Å². The van der Waals surface area contributed by atoms with E-state index in [-0.39, 0.29) is 23.5 Å². The third-order valence-electron chi connectivity index (χ3n) is 4.86. The van der Waals surface area contributed by atoms with Crippen LogP contribution in [0.25, 0.3) is 0 Å². The van der Waals surface area contributed by atoms with Crippen LogP contribution < -0.4 is 4.74 Å². The molecule has 1 saturated heterocycles. The fourth-order valence-electron chi connectivity index (χ4n) is 3.52. The van der Waals surface area contributed by atoms with E-state index in [0.717, 1.165) is 31.4 Å². The molecule has 0 radical (unpaired) electrons. The molecule has 1 fully saturated rings. The number of carbonyl (C=O) groups excluding carboxylic acids is 1. The molecule has 0 N–H and O–H groups in total. The average Bonchev–Trinajstić information content (AvgIpc) is 3.09. The minimum atomic E-state index is -0.379. The van der Waals surface area contributed by atoms with Gasteiger partial charge in [-0.05, 0) is 48.9 Å². The molecule has 0 saturated carbocycles. The standard InChI is InChI=1S/C21H24FNO2/c1-25-20-11-9-17(15-19(20)22)10-12-21(24)23-13-5-8-18(23)14-16-6-3-2-4-7-16/h2-4,6-7,9,11,15,18H,5,8,10,12-14H2,1H3. The van der Waals surface area contributed by atoms with Crippen LogP contribution in [-0.4, -0.2) is 30.5 Å². The van der Waals surface area contributed by atoms with Crippen LogP contribution in [-0.2, 0) is 17.6 Å². The Kier molecular flexibility index (Phi) is 5.69. The van der Waals surface area contributed by atoms with Gasteiger partial charge in [-0.25, -0.2) is 4.39 Å². The quantitative estimate of drug-likeness (QED) is 0.795. The lowest BCUT2D eigenvalue weighted by Gasteiger charge is -2.25. The third kappa shape index (κ3) is 4.38.